The Labute approximate surface area is 860 Å². The minimum absolute atomic E-state index is 0.0313. The number of esters is 6. The predicted octanol–water partition coefficient (Wildman–Crippen LogP) is 19.6. The number of nitrogens with one attached hydrogen (secondary N) is 6. The van der Waals surface area contributed by atoms with Gasteiger partial charge in [-0.1, -0.05) is 106 Å². The highest BCUT2D eigenvalue weighted by Gasteiger charge is 2.42. The minimum atomic E-state index is -4.87. The standard InChI is InChI=1S/6C15H17ClFNO4S/c6*1-2-22-15(19)11-5-3-4-6-14(11)23(20,21)18-13-8-7-10(17)9-12(13)16/h6*5,7-9,14,18H,2-4,6H2,1H3/t6*14-/m111111/s1/i4D2,5D,6D2;3D2,5D,14D;3D2,4D2,14D;4D2,14D;3D2,4D2;4D2. The van der Waals surface area contributed by atoms with Crippen molar-refractivity contribution in [3.63, 3.8) is 0 Å². The molecular formula is C90H102Cl6F6N6O24S6. The van der Waals surface area contributed by atoms with E-state index in [-0.39, 0.29) is 122 Å². The van der Waals surface area contributed by atoms with Crippen molar-refractivity contribution in [3.05, 3.63) is 244 Å². The lowest BCUT2D eigenvalue weighted by Crippen LogP contribution is -2.34. The van der Waals surface area contributed by atoms with E-state index in [1.807, 2.05) is 14.2 Å². The van der Waals surface area contributed by atoms with Crippen LogP contribution in [0.25, 0.3) is 0 Å². The average Bonchev–Trinajstić information content (AvgIpc) is 0.723. The van der Waals surface area contributed by atoms with E-state index in [9.17, 15) is 106 Å². The van der Waals surface area contributed by atoms with Crippen molar-refractivity contribution < 1.29 is 166 Å². The fourth-order valence-corrected chi connectivity index (χ4v) is 21.6. The Morgan fingerprint density at radius 2 is 0.565 bits per heavy atom. The van der Waals surface area contributed by atoms with Gasteiger partial charge in [-0.3, -0.25) is 28.3 Å². The van der Waals surface area contributed by atoms with Crippen LogP contribution < -0.4 is 28.3 Å². The first-order valence-corrected chi connectivity index (χ1v) is 51.5. The van der Waals surface area contributed by atoms with Crippen LogP contribution >= 0.6 is 69.6 Å². The molecule has 6 aromatic rings. The summed E-state index contributed by atoms with van der Waals surface area (Å²) in [6.45, 7) is 8.42. The summed E-state index contributed by atoms with van der Waals surface area (Å²) in [6, 6.07) is 15.8. The van der Waals surface area contributed by atoms with Gasteiger partial charge in [0.1, 0.15) is 66.3 Å². The quantitative estimate of drug-likeness (QED) is 0.0139. The molecule has 0 amide bonds. The summed E-state index contributed by atoms with van der Waals surface area (Å²) >= 11 is 34.9. The Bertz CT molecular complexity index is 7610. The lowest BCUT2D eigenvalue weighted by Gasteiger charge is -2.24. The highest BCUT2D eigenvalue weighted by atomic mass is 35.5. The van der Waals surface area contributed by atoms with E-state index in [2.05, 4.69) is 14.2 Å². The molecule has 0 heterocycles. The number of ether oxygens (including phenoxy) is 6. The number of anilines is 6. The van der Waals surface area contributed by atoms with E-state index in [0.717, 1.165) is 115 Å². The number of carbonyl (C=O) groups is 6. The molecule has 0 unspecified atom stereocenters. The summed E-state index contributed by atoms with van der Waals surface area (Å²) < 4.78 is 457. The molecule has 6 aliphatic carbocycles. The van der Waals surface area contributed by atoms with Gasteiger partial charge < -0.3 is 28.4 Å². The number of hydrogen-bond acceptors (Lipinski definition) is 24. The van der Waals surface area contributed by atoms with Crippen LogP contribution in [-0.2, 0) is 117 Å². The van der Waals surface area contributed by atoms with Gasteiger partial charge in [0.25, 0.3) is 0 Å². The summed E-state index contributed by atoms with van der Waals surface area (Å²) in [4.78, 5) is 73.1. The second kappa shape index (κ2) is 53.9. The maximum absolute atomic E-state index is 13.2. The zero-order valence-corrected chi connectivity index (χ0v) is 82.3. The molecule has 6 aromatic carbocycles. The third-order valence-electron chi connectivity index (χ3n) is 17.9. The lowest BCUT2D eigenvalue weighted by atomic mass is 9.99. The Morgan fingerprint density at radius 3 is 0.906 bits per heavy atom. The number of hydrogen-bond donors (Lipinski definition) is 6. The third kappa shape index (κ3) is 33.8. The van der Waals surface area contributed by atoms with Gasteiger partial charge in [0.2, 0.25) is 60.1 Å². The molecule has 756 valence electrons. The van der Waals surface area contributed by atoms with Crippen molar-refractivity contribution in [2.24, 2.45) is 0 Å². The Hall–Kier alpha value is -9.60. The summed E-state index contributed by atoms with van der Waals surface area (Å²) in [6.07, 6.45) is -24.5. The third-order valence-corrected chi connectivity index (χ3v) is 29.2. The maximum Gasteiger partial charge on any atom is 0.335 e. The van der Waals surface area contributed by atoms with Gasteiger partial charge in [-0.05, 0) is 266 Å². The molecule has 0 saturated carbocycles. The fourth-order valence-electron chi connectivity index (χ4n) is 11.7. The van der Waals surface area contributed by atoms with Crippen LogP contribution in [-0.4, -0.2) is 157 Å². The summed E-state index contributed by atoms with van der Waals surface area (Å²) in [5.41, 5.74) is -4.86. The first kappa shape index (κ1) is 84.1. The van der Waals surface area contributed by atoms with Crippen LogP contribution in [0.5, 0.6) is 0 Å². The van der Waals surface area contributed by atoms with Gasteiger partial charge in [0.15, 0.2) is 0 Å². The van der Waals surface area contributed by atoms with Crippen molar-refractivity contribution in [2.75, 3.05) is 68.0 Å². The summed E-state index contributed by atoms with van der Waals surface area (Å²) in [5, 5.41) is -15.3. The highest BCUT2D eigenvalue weighted by molar-refractivity contribution is 7.95. The molecule has 6 N–H and O–H groups in total. The molecule has 138 heavy (non-hydrogen) atoms. The van der Waals surface area contributed by atoms with E-state index in [4.69, 9.17) is 130 Å². The summed E-state index contributed by atoms with van der Waals surface area (Å²) in [5.74, 6) is -10.8. The highest BCUT2D eigenvalue weighted by Crippen LogP contribution is 2.39. The van der Waals surface area contributed by atoms with E-state index >= 15 is 0 Å². The number of sulfonamides is 6. The predicted molar refractivity (Wildman–Crippen MR) is 518 cm³/mol. The van der Waals surface area contributed by atoms with Crippen molar-refractivity contribution in [1.82, 2.24) is 0 Å². The molecule has 6 aliphatic rings. The van der Waals surface area contributed by atoms with Gasteiger partial charge in [-0.2, -0.15) is 0 Å². The first-order valence-electron chi connectivity index (χ1n) is 51.7. The van der Waals surface area contributed by atoms with Gasteiger partial charge in [-0.15, -0.1) is 0 Å². The topological polar surface area (TPSA) is 435 Å². The number of allylic oxidation sites excluding steroid dienone is 6. The second-order valence-corrected chi connectivity index (χ2v) is 40.5. The number of rotatable bonds is 30. The SMILES string of the molecule is [2H]C1([2H])C=C(C(=O)OCC)[C@H](S(=O)(=O)Nc2ccc(F)cc2Cl)CC1([2H])[2H].[2H]C1([2H])C=C(C(=O)OCC)[C@]([2H])(S(=O)(=O)Nc2ccc(F)cc2Cl)CC1([2H])[2H].[2H]C1([2H])CC=C(C(=O)OCC)[C@H](S(=O)(=O)Nc2ccc(F)cc2Cl)C1.[2H]C1([2H])CC=C(C(=O)OCC)[C@]([2H])(S(=O)(=O)Nc2ccc(F)cc2Cl)C1.[2H]C1=C(C(=O)OCC)[C@H](S(=O)(=O)Nc2ccc(F)cc2Cl)C([2H])([2H])C([2H])([2H])C1.[2H]C1=C(C(=O)OCC)[C@]([2H])(S(=O)(=O)Nc2ccc(F)cc2Cl)CCC1([2H])[2H]. The van der Waals surface area contributed by atoms with Crippen LogP contribution in [0.4, 0.5) is 60.5 Å². The van der Waals surface area contributed by atoms with Crippen LogP contribution in [0.1, 0.15) is 188 Å². The van der Waals surface area contributed by atoms with Gasteiger partial charge >= 0.3 is 35.8 Å². The monoisotopic (exact) mass is 2190 g/mol. The number of carbonyl (C=O) groups excluding carboxylic acids is 6. The van der Waals surface area contributed by atoms with Crippen molar-refractivity contribution in [1.29, 1.82) is 0 Å². The van der Waals surface area contributed by atoms with Crippen LogP contribution in [0.3, 0.4) is 0 Å². The smallest absolute Gasteiger partial charge is 0.335 e. The Morgan fingerprint density at radius 1 is 0.312 bits per heavy atom. The van der Waals surface area contributed by atoms with E-state index in [0.29, 0.717) is 12.2 Å². The normalized spacial score (nSPS) is 25.7. The van der Waals surface area contributed by atoms with Crippen LogP contribution in [0, 0.1) is 34.9 Å². The molecule has 0 aromatic heterocycles. The largest absolute Gasteiger partial charge is 0.463 e. The lowest BCUT2D eigenvalue weighted by molar-refractivity contribution is -0.139. The molecule has 30 nitrogen and oxygen atoms in total. The van der Waals surface area contributed by atoms with Crippen LogP contribution in [0.15, 0.2) is 179 Å². The molecule has 6 atom stereocenters. The minimum Gasteiger partial charge on any atom is -0.463 e. The molecule has 0 bridgehead atoms. The van der Waals surface area contributed by atoms with E-state index in [1.165, 1.54) is 40.7 Å². The molecule has 0 fully saturated rings. The fraction of sp³-hybridized carbons (Fsp3) is 0.400. The number of benzene rings is 6. The van der Waals surface area contributed by atoms with E-state index in [1.54, 1.807) is 6.92 Å². The molecule has 0 radical (unpaired) electrons. The zero-order valence-electron chi connectivity index (χ0n) is 95.8. The zero-order chi connectivity index (χ0) is 123. The molecule has 0 saturated heterocycles. The van der Waals surface area contributed by atoms with Crippen LogP contribution in [0.2, 0.25) is 30.1 Å². The van der Waals surface area contributed by atoms with Gasteiger partial charge in [-0.25, -0.2) is 106 Å². The number of halogens is 12. The van der Waals surface area contributed by atoms with Crippen molar-refractivity contribution in [2.45, 2.75) is 188 Å². The second-order valence-electron chi connectivity index (χ2n) is 27.5. The molecule has 0 aliphatic heterocycles. The molecule has 12 rings (SSSR count). The first-order chi connectivity index (χ1) is 73.5. The van der Waals surface area contributed by atoms with E-state index < -0.39 is 305 Å². The van der Waals surface area contributed by atoms with Crippen molar-refractivity contribution in [3.8, 4) is 0 Å². The average molecular weight is 2190 g/mol. The Kier molecular flexibility index (Phi) is 32.8. The Balaban J connectivity index is 0.000000260. The summed E-state index contributed by atoms with van der Waals surface area (Å²) in [7, 11) is -27.7. The maximum atomic E-state index is 13.2. The van der Waals surface area contributed by atoms with Crippen molar-refractivity contribution >= 4 is 200 Å². The van der Waals surface area contributed by atoms with Gasteiger partial charge in [0, 0.05) is 24.7 Å². The molecular weight excluding hydrogens is 2070 g/mol. The molecule has 48 heteroatoms. The van der Waals surface area contributed by atoms with Gasteiger partial charge in [0.05, 0.1) is 144 Å². The molecule has 0 spiro atoms.